The Hall–Kier alpha value is -2.88. The third-order valence-corrected chi connectivity index (χ3v) is 5.01. The van der Waals surface area contributed by atoms with Gasteiger partial charge in [0, 0.05) is 18.5 Å². The molecule has 1 aromatic heterocycles. The van der Waals surface area contributed by atoms with Gasteiger partial charge in [-0.1, -0.05) is 55.3 Å². The van der Waals surface area contributed by atoms with Crippen molar-refractivity contribution in [3.8, 4) is 0 Å². The highest BCUT2D eigenvalue weighted by Gasteiger charge is 2.39. The molecule has 2 heterocycles. The van der Waals surface area contributed by atoms with Crippen molar-refractivity contribution in [2.45, 2.75) is 50.2 Å². The summed E-state index contributed by atoms with van der Waals surface area (Å²) in [5.74, 6) is -2.68. The van der Waals surface area contributed by atoms with E-state index in [4.69, 9.17) is 4.74 Å². The fourth-order valence-electron chi connectivity index (χ4n) is 3.28. The molecule has 2 aromatic rings. The number of aliphatic hydroxyl groups excluding tert-OH is 1. The van der Waals surface area contributed by atoms with Crippen LogP contribution in [-0.4, -0.2) is 62.0 Å². The minimum Gasteiger partial charge on any atom is -0.447 e. The van der Waals surface area contributed by atoms with Crippen LogP contribution >= 0.6 is 0 Å². The number of amides is 1. The van der Waals surface area contributed by atoms with Crippen LogP contribution in [-0.2, 0) is 17.1 Å². The number of aliphatic hydroxyl groups is 1. The second-order valence-electron chi connectivity index (χ2n) is 7.17. The number of carbonyl (C=O) groups excluding carboxylic acids is 1. The number of carbonyl (C=O) groups is 1. The van der Waals surface area contributed by atoms with E-state index in [1.54, 1.807) is 6.07 Å². The number of aromatic nitrogens is 4. The van der Waals surface area contributed by atoms with Crippen molar-refractivity contribution < 1.29 is 23.4 Å². The molecule has 0 spiro atoms. The number of aromatic amines is 1. The maximum absolute atomic E-state index is 14.4. The van der Waals surface area contributed by atoms with Crippen LogP contribution in [0.3, 0.4) is 0 Å². The quantitative estimate of drug-likeness (QED) is 0.427. The van der Waals surface area contributed by atoms with Crippen molar-refractivity contribution in [3.05, 3.63) is 53.9 Å². The number of hydrogen-bond acceptors (Lipinski definition) is 6. The van der Waals surface area contributed by atoms with Gasteiger partial charge in [-0.15, -0.1) is 5.10 Å². The molecular weight excluding hydrogens is 396 g/mol. The molecule has 30 heavy (non-hydrogen) atoms. The number of halogens is 2. The van der Waals surface area contributed by atoms with E-state index in [2.05, 4.69) is 20.6 Å². The highest BCUT2D eigenvalue weighted by molar-refractivity contribution is 5.70. The highest BCUT2D eigenvalue weighted by atomic mass is 19.3. The first-order chi connectivity index (χ1) is 14.5. The molecule has 162 valence electrons. The third-order valence-electron chi connectivity index (χ3n) is 5.01. The number of aryl methyl sites for hydroxylation is 1. The van der Waals surface area contributed by atoms with Crippen molar-refractivity contribution in [3.63, 3.8) is 0 Å². The second kappa shape index (κ2) is 10.2. The summed E-state index contributed by atoms with van der Waals surface area (Å²) in [6, 6.07) is 6.68. The molecule has 1 fully saturated rings. The number of tetrazole rings is 1. The summed E-state index contributed by atoms with van der Waals surface area (Å²) in [6.07, 6.45) is 4.29. The lowest BCUT2D eigenvalue weighted by Gasteiger charge is -2.22. The largest absolute Gasteiger partial charge is 0.447 e. The maximum Gasteiger partial charge on any atom is 0.410 e. The minimum atomic E-state index is -3.43. The Labute approximate surface area is 172 Å². The van der Waals surface area contributed by atoms with E-state index in [-0.39, 0.29) is 12.2 Å². The van der Waals surface area contributed by atoms with E-state index in [1.165, 1.54) is 35.2 Å². The molecular formula is C20H25F2N5O3. The average Bonchev–Trinajstić information content (AvgIpc) is 3.39. The topological polar surface area (TPSA) is 104 Å². The number of rotatable bonds is 11. The number of nitrogens with one attached hydrogen (secondary N) is 1. The number of hydrogen-bond donors (Lipinski definition) is 2. The lowest BCUT2D eigenvalue weighted by molar-refractivity contribution is -0.0929. The molecule has 10 heteroatoms. The standard InChI is InChI=1S/C20H25F2N5O3/c21-20(22,15-8-4-3-5-9-15)17(28)12-11-16-14-30-19(29)27(16)13-7-2-1-6-10-18-23-25-26-24-18/h3-5,8-9,11-12,16-17,28H,1-2,6-7,10,13-14H2,(H,23,24,25,26)/b12-11+/t16-,17-/m0/s1. The molecule has 3 rings (SSSR count). The van der Waals surface area contributed by atoms with Crippen LogP contribution < -0.4 is 0 Å². The second-order valence-corrected chi connectivity index (χ2v) is 7.17. The number of ether oxygens (including phenoxy) is 1. The Morgan fingerprint density at radius 3 is 2.77 bits per heavy atom. The molecule has 1 aliphatic rings. The van der Waals surface area contributed by atoms with E-state index in [9.17, 15) is 18.7 Å². The fourth-order valence-corrected chi connectivity index (χ4v) is 3.28. The van der Waals surface area contributed by atoms with Crippen LogP contribution in [0.4, 0.5) is 13.6 Å². The van der Waals surface area contributed by atoms with Gasteiger partial charge in [-0.3, -0.25) is 4.90 Å². The minimum absolute atomic E-state index is 0.0808. The summed E-state index contributed by atoms with van der Waals surface area (Å²) >= 11 is 0. The predicted molar refractivity (Wildman–Crippen MR) is 104 cm³/mol. The van der Waals surface area contributed by atoms with Crippen molar-refractivity contribution >= 4 is 6.09 Å². The zero-order chi connectivity index (χ0) is 21.4. The zero-order valence-electron chi connectivity index (χ0n) is 16.5. The van der Waals surface area contributed by atoms with Gasteiger partial charge in [0.1, 0.15) is 18.5 Å². The molecule has 1 aromatic carbocycles. The summed E-state index contributed by atoms with van der Waals surface area (Å²) in [7, 11) is 0. The molecule has 8 nitrogen and oxygen atoms in total. The smallest absolute Gasteiger partial charge is 0.410 e. The predicted octanol–water partition coefficient (Wildman–Crippen LogP) is 2.83. The molecule has 1 aliphatic heterocycles. The molecule has 0 aliphatic carbocycles. The van der Waals surface area contributed by atoms with Gasteiger partial charge < -0.3 is 9.84 Å². The van der Waals surface area contributed by atoms with Gasteiger partial charge in [0.2, 0.25) is 0 Å². The van der Waals surface area contributed by atoms with E-state index in [1.807, 2.05) is 0 Å². The van der Waals surface area contributed by atoms with E-state index in [0.29, 0.717) is 6.54 Å². The molecule has 0 bridgehead atoms. The molecule has 2 atom stereocenters. The van der Waals surface area contributed by atoms with Crippen LogP contribution in [0.15, 0.2) is 42.5 Å². The first-order valence-corrected chi connectivity index (χ1v) is 9.94. The monoisotopic (exact) mass is 421 g/mol. The van der Waals surface area contributed by atoms with E-state index >= 15 is 0 Å². The Bertz CT molecular complexity index is 817. The lowest BCUT2D eigenvalue weighted by atomic mass is 10.0. The average molecular weight is 421 g/mol. The molecule has 0 saturated carbocycles. The van der Waals surface area contributed by atoms with Crippen molar-refractivity contribution in [1.29, 1.82) is 0 Å². The summed E-state index contributed by atoms with van der Waals surface area (Å²) in [4.78, 5) is 13.5. The van der Waals surface area contributed by atoms with E-state index < -0.39 is 24.2 Å². The maximum atomic E-state index is 14.4. The van der Waals surface area contributed by atoms with Gasteiger partial charge in [-0.05, 0) is 23.3 Å². The molecule has 0 radical (unpaired) electrons. The molecule has 1 amide bonds. The van der Waals surface area contributed by atoms with Gasteiger partial charge in [0.25, 0.3) is 0 Å². The summed E-state index contributed by atoms with van der Waals surface area (Å²) < 4.78 is 33.8. The lowest BCUT2D eigenvalue weighted by Crippen LogP contribution is -2.34. The van der Waals surface area contributed by atoms with Crippen LogP contribution in [0.1, 0.15) is 37.1 Å². The van der Waals surface area contributed by atoms with Gasteiger partial charge in [-0.2, -0.15) is 8.78 Å². The molecule has 1 saturated heterocycles. The van der Waals surface area contributed by atoms with Gasteiger partial charge in [0.15, 0.2) is 0 Å². The Kier molecular flexibility index (Phi) is 7.45. The Balaban J connectivity index is 1.45. The summed E-state index contributed by atoms with van der Waals surface area (Å²) in [5, 5.41) is 23.6. The Morgan fingerprint density at radius 2 is 2.03 bits per heavy atom. The van der Waals surface area contributed by atoms with Crippen molar-refractivity contribution in [2.24, 2.45) is 0 Å². The highest BCUT2D eigenvalue weighted by Crippen LogP contribution is 2.32. The summed E-state index contributed by atoms with van der Waals surface area (Å²) in [5.41, 5.74) is -0.265. The number of benzene rings is 1. The Morgan fingerprint density at radius 1 is 1.27 bits per heavy atom. The molecule has 0 unspecified atom stereocenters. The van der Waals surface area contributed by atoms with Gasteiger partial charge >= 0.3 is 12.0 Å². The van der Waals surface area contributed by atoms with Crippen LogP contribution in [0, 0.1) is 0 Å². The number of unbranched alkanes of at least 4 members (excludes halogenated alkanes) is 3. The van der Waals surface area contributed by atoms with Crippen LogP contribution in [0.25, 0.3) is 0 Å². The molecule has 2 N–H and O–H groups in total. The number of nitrogens with zero attached hydrogens (tertiary/aromatic N) is 4. The van der Waals surface area contributed by atoms with Crippen LogP contribution in [0.2, 0.25) is 0 Å². The number of alkyl halides is 2. The fraction of sp³-hybridized carbons (Fsp3) is 0.500. The summed E-state index contributed by atoms with van der Waals surface area (Å²) in [6.45, 7) is 0.542. The normalized spacial score (nSPS) is 18.2. The number of H-pyrrole nitrogens is 1. The van der Waals surface area contributed by atoms with E-state index in [0.717, 1.165) is 44.0 Å². The van der Waals surface area contributed by atoms with Crippen molar-refractivity contribution in [1.82, 2.24) is 25.5 Å². The first-order valence-electron chi connectivity index (χ1n) is 9.94. The first kappa shape index (κ1) is 21.8. The number of cyclic esters (lactones) is 1. The van der Waals surface area contributed by atoms with Gasteiger partial charge in [0.05, 0.1) is 6.04 Å². The third kappa shape index (κ3) is 5.59. The van der Waals surface area contributed by atoms with Gasteiger partial charge in [-0.25, -0.2) is 9.89 Å². The SMILES string of the molecule is O=C1OC[C@H](/C=C/[C@H](O)C(F)(F)c2ccccc2)N1CCCCCCc1nnn[nH]1. The van der Waals surface area contributed by atoms with Crippen molar-refractivity contribution in [2.75, 3.05) is 13.2 Å². The zero-order valence-corrected chi connectivity index (χ0v) is 16.5. The van der Waals surface area contributed by atoms with Crippen LogP contribution in [0.5, 0.6) is 0 Å².